The number of non-ortho nitro benzene ring substituents is 1. The van der Waals surface area contributed by atoms with Crippen LogP contribution in [0.25, 0.3) is 6.08 Å². The number of hydrogen-bond donors (Lipinski definition) is 0. The van der Waals surface area contributed by atoms with Crippen molar-refractivity contribution in [3.8, 4) is 17.2 Å². The molecule has 0 spiro atoms. The van der Waals surface area contributed by atoms with E-state index in [1.54, 1.807) is 18.2 Å². The lowest BCUT2D eigenvalue weighted by molar-refractivity contribution is -0.384. The molecule has 2 aliphatic heterocycles. The molecule has 3 aromatic rings. The highest BCUT2D eigenvalue weighted by atomic mass is 16.7. The first-order chi connectivity index (χ1) is 17.4. The summed E-state index contributed by atoms with van der Waals surface area (Å²) in [7, 11) is 0. The molecule has 0 unspecified atom stereocenters. The Labute approximate surface area is 207 Å². The van der Waals surface area contributed by atoms with Gasteiger partial charge in [-0.25, -0.2) is 4.99 Å². The van der Waals surface area contributed by atoms with Gasteiger partial charge in [-0.05, 0) is 66.1 Å². The third-order valence-corrected chi connectivity index (χ3v) is 5.57. The number of carbonyl (C=O) groups is 1. The topological polar surface area (TPSA) is 104 Å². The van der Waals surface area contributed by atoms with E-state index in [4.69, 9.17) is 14.2 Å². The van der Waals surface area contributed by atoms with Gasteiger partial charge in [-0.3, -0.25) is 19.8 Å². The normalized spacial score (nSPS) is 15.5. The van der Waals surface area contributed by atoms with Gasteiger partial charge in [0.15, 0.2) is 11.5 Å². The molecule has 0 saturated carbocycles. The third kappa shape index (κ3) is 4.63. The number of fused-ring (bicyclic) bond motifs is 1. The molecule has 0 radical (unpaired) electrons. The van der Waals surface area contributed by atoms with Gasteiger partial charge >= 0.3 is 0 Å². The number of hydrogen-bond acceptors (Lipinski definition) is 7. The monoisotopic (exact) mass is 485 g/mol. The summed E-state index contributed by atoms with van der Waals surface area (Å²) in [5, 5.41) is 11.1. The summed E-state index contributed by atoms with van der Waals surface area (Å²) in [6.07, 6.45) is 1.68. The quantitative estimate of drug-likeness (QED) is 0.259. The number of aliphatic imine (C=N–C) groups is 1. The van der Waals surface area contributed by atoms with Crippen LogP contribution in [0.5, 0.6) is 17.2 Å². The molecule has 0 bridgehead atoms. The SMILES string of the molecule is CC(C)COc1ccc(C2=NC(=Cc3ccc4c(c3)OCO4)C(=O)N2c2ccc([N+](=O)[O-])cc2)cc1. The molecule has 36 heavy (non-hydrogen) atoms. The van der Waals surface area contributed by atoms with Crippen molar-refractivity contribution in [1.29, 1.82) is 0 Å². The number of carbonyl (C=O) groups excluding carboxylic acids is 1. The van der Waals surface area contributed by atoms with Gasteiger partial charge in [-0.2, -0.15) is 0 Å². The summed E-state index contributed by atoms with van der Waals surface area (Å²) in [5.74, 6) is 2.42. The molecule has 0 N–H and O–H groups in total. The van der Waals surface area contributed by atoms with Crippen LogP contribution in [0, 0.1) is 16.0 Å². The van der Waals surface area contributed by atoms with Crippen molar-refractivity contribution >= 4 is 29.2 Å². The maximum Gasteiger partial charge on any atom is 0.282 e. The minimum Gasteiger partial charge on any atom is -0.493 e. The van der Waals surface area contributed by atoms with Crippen molar-refractivity contribution in [1.82, 2.24) is 0 Å². The van der Waals surface area contributed by atoms with Crippen molar-refractivity contribution in [3.63, 3.8) is 0 Å². The number of anilines is 1. The van der Waals surface area contributed by atoms with Crippen LogP contribution in [0.15, 0.2) is 77.4 Å². The fourth-order valence-electron chi connectivity index (χ4n) is 3.80. The molecule has 2 aliphatic rings. The molecule has 2 heterocycles. The molecule has 0 saturated heterocycles. The van der Waals surface area contributed by atoms with Gasteiger partial charge in [0.1, 0.15) is 17.3 Å². The smallest absolute Gasteiger partial charge is 0.282 e. The minimum atomic E-state index is -0.481. The Hall–Kier alpha value is -4.66. The van der Waals surface area contributed by atoms with Gasteiger partial charge in [-0.15, -0.1) is 0 Å². The second-order valence-electron chi connectivity index (χ2n) is 8.72. The highest BCUT2D eigenvalue weighted by Crippen LogP contribution is 2.34. The molecule has 0 aromatic heterocycles. The van der Waals surface area contributed by atoms with E-state index in [-0.39, 0.29) is 24.1 Å². The first kappa shape index (κ1) is 23.1. The van der Waals surface area contributed by atoms with Gasteiger partial charge in [0.2, 0.25) is 6.79 Å². The predicted molar refractivity (Wildman–Crippen MR) is 134 cm³/mol. The standard InChI is InChI=1S/C27H23N3O6/c1-17(2)15-34-22-10-4-19(5-11-22)26-28-23(13-18-3-12-24-25(14-18)36-16-35-24)27(31)29(26)20-6-8-21(9-7-20)30(32)33/h3-14,17H,15-16H2,1-2H3. The number of ether oxygens (including phenoxy) is 3. The number of benzene rings is 3. The van der Waals surface area contributed by atoms with Crippen molar-refractivity contribution < 1.29 is 23.9 Å². The van der Waals surface area contributed by atoms with Gasteiger partial charge < -0.3 is 14.2 Å². The lowest BCUT2D eigenvalue weighted by Gasteiger charge is -2.18. The predicted octanol–water partition coefficient (Wildman–Crippen LogP) is 5.19. The average molecular weight is 485 g/mol. The van der Waals surface area contributed by atoms with Crippen LogP contribution >= 0.6 is 0 Å². The van der Waals surface area contributed by atoms with Crippen LogP contribution < -0.4 is 19.1 Å². The van der Waals surface area contributed by atoms with E-state index in [0.29, 0.717) is 41.1 Å². The molecule has 9 nitrogen and oxygen atoms in total. The Balaban J connectivity index is 1.52. The van der Waals surface area contributed by atoms with Crippen molar-refractivity contribution in [2.75, 3.05) is 18.3 Å². The molecule has 0 aliphatic carbocycles. The Morgan fingerprint density at radius 1 is 1.06 bits per heavy atom. The largest absolute Gasteiger partial charge is 0.493 e. The summed E-state index contributed by atoms with van der Waals surface area (Å²) in [6.45, 7) is 4.89. The van der Waals surface area contributed by atoms with Crippen LogP contribution in [-0.2, 0) is 4.79 Å². The molecular weight excluding hydrogens is 462 g/mol. The molecule has 9 heteroatoms. The zero-order valence-corrected chi connectivity index (χ0v) is 19.7. The number of nitro benzene ring substituents is 1. The van der Waals surface area contributed by atoms with Crippen LogP contribution in [0.1, 0.15) is 25.0 Å². The molecule has 0 fully saturated rings. The molecular formula is C27H23N3O6. The lowest BCUT2D eigenvalue weighted by atomic mass is 10.1. The Morgan fingerprint density at radius 2 is 1.78 bits per heavy atom. The Morgan fingerprint density at radius 3 is 2.47 bits per heavy atom. The highest BCUT2D eigenvalue weighted by molar-refractivity contribution is 6.33. The van der Waals surface area contributed by atoms with Crippen LogP contribution in [0.4, 0.5) is 11.4 Å². The fourth-order valence-corrected chi connectivity index (χ4v) is 3.80. The maximum absolute atomic E-state index is 13.5. The number of rotatable bonds is 7. The van der Waals surface area contributed by atoms with E-state index in [1.165, 1.54) is 29.2 Å². The highest BCUT2D eigenvalue weighted by Gasteiger charge is 2.33. The zero-order valence-electron chi connectivity index (χ0n) is 19.7. The molecule has 0 atom stereocenters. The van der Waals surface area contributed by atoms with Gasteiger partial charge in [0.25, 0.3) is 11.6 Å². The van der Waals surface area contributed by atoms with Crippen molar-refractivity contribution in [2.45, 2.75) is 13.8 Å². The van der Waals surface area contributed by atoms with E-state index >= 15 is 0 Å². The first-order valence-electron chi connectivity index (χ1n) is 11.4. The Kier molecular flexibility index (Phi) is 6.12. The first-order valence-corrected chi connectivity index (χ1v) is 11.4. The molecule has 1 amide bonds. The summed E-state index contributed by atoms with van der Waals surface area (Å²) in [6, 6.07) is 18.5. The van der Waals surface area contributed by atoms with Crippen LogP contribution in [0.3, 0.4) is 0 Å². The van der Waals surface area contributed by atoms with Crippen molar-refractivity contribution in [2.24, 2.45) is 10.9 Å². The van der Waals surface area contributed by atoms with Gasteiger partial charge in [0, 0.05) is 17.7 Å². The fraction of sp³-hybridized carbons (Fsp3) is 0.185. The van der Waals surface area contributed by atoms with Gasteiger partial charge in [0.05, 0.1) is 17.2 Å². The minimum absolute atomic E-state index is 0.0633. The van der Waals surface area contributed by atoms with E-state index in [9.17, 15) is 14.9 Å². The number of amides is 1. The molecule has 3 aromatic carbocycles. The second kappa shape index (κ2) is 9.53. The van der Waals surface area contributed by atoms with Crippen LogP contribution in [-0.4, -0.2) is 30.1 Å². The maximum atomic E-state index is 13.5. The summed E-state index contributed by atoms with van der Waals surface area (Å²) in [5.41, 5.74) is 2.06. The summed E-state index contributed by atoms with van der Waals surface area (Å²) in [4.78, 5) is 30.3. The third-order valence-electron chi connectivity index (χ3n) is 5.57. The van der Waals surface area contributed by atoms with E-state index in [1.807, 2.05) is 30.3 Å². The molecule has 5 rings (SSSR count). The van der Waals surface area contributed by atoms with E-state index in [2.05, 4.69) is 18.8 Å². The van der Waals surface area contributed by atoms with Gasteiger partial charge in [-0.1, -0.05) is 19.9 Å². The van der Waals surface area contributed by atoms with E-state index < -0.39 is 4.92 Å². The number of amidine groups is 1. The van der Waals surface area contributed by atoms with E-state index in [0.717, 1.165) is 11.3 Å². The second-order valence-corrected chi connectivity index (χ2v) is 8.72. The number of nitro groups is 1. The van der Waals surface area contributed by atoms with Crippen molar-refractivity contribution in [3.05, 3.63) is 93.7 Å². The summed E-state index contributed by atoms with van der Waals surface area (Å²) >= 11 is 0. The summed E-state index contributed by atoms with van der Waals surface area (Å²) < 4.78 is 16.6. The zero-order chi connectivity index (χ0) is 25.2. The molecule has 182 valence electrons. The lowest BCUT2D eigenvalue weighted by Crippen LogP contribution is -2.32. The Bertz CT molecular complexity index is 1380. The average Bonchev–Trinajstić information content (AvgIpc) is 3.47. The number of nitrogens with zero attached hydrogens (tertiary/aromatic N) is 3. The van der Waals surface area contributed by atoms with Crippen LogP contribution in [0.2, 0.25) is 0 Å².